The maximum Gasteiger partial charge on any atom is 0.338 e. The number of quaternary nitrogens is 1. The summed E-state index contributed by atoms with van der Waals surface area (Å²) in [6.45, 7) is 7.61. The van der Waals surface area contributed by atoms with Gasteiger partial charge in [0.05, 0.1) is 37.6 Å². The van der Waals surface area contributed by atoms with E-state index in [1.54, 1.807) is 0 Å². The highest BCUT2D eigenvalue weighted by Gasteiger charge is 2.35. The summed E-state index contributed by atoms with van der Waals surface area (Å²) in [6.07, 6.45) is 0. The molecule has 2 aliphatic heterocycles. The number of carbonyl (C=O) groups excluding carboxylic acids is 2. The Hall–Kier alpha value is -2.38. The number of benzene rings is 1. The quantitative estimate of drug-likeness (QED) is 0.661. The van der Waals surface area contributed by atoms with Crippen LogP contribution < -0.4 is 15.5 Å². The number of methoxy groups -OCH3 is 1. The van der Waals surface area contributed by atoms with Gasteiger partial charge in [0.2, 0.25) is 0 Å². The number of carbonyl (C=O) groups is 2. The molecule has 7 heteroatoms. The lowest BCUT2D eigenvalue weighted by molar-refractivity contribution is -0.903. The second-order valence-corrected chi connectivity index (χ2v) is 6.81. The molecule has 26 heavy (non-hydrogen) atoms. The lowest BCUT2D eigenvalue weighted by Gasteiger charge is -2.32. The van der Waals surface area contributed by atoms with Crippen molar-refractivity contribution in [3.63, 3.8) is 0 Å². The first-order chi connectivity index (χ1) is 12.5. The summed E-state index contributed by atoms with van der Waals surface area (Å²) < 4.78 is 10.4. The third kappa shape index (κ3) is 3.89. The zero-order valence-electron chi connectivity index (χ0n) is 15.5. The summed E-state index contributed by atoms with van der Waals surface area (Å²) >= 11 is 0. The Bertz CT molecular complexity index is 738. The number of aryl methyl sites for hydroxylation is 2. The fourth-order valence-electron chi connectivity index (χ4n) is 3.58. The van der Waals surface area contributed by atoms with Crippen molar-refractivity contribution < 1.29 is 24.0 Å². The van der Waals surface area contributed by atoms with E-state index >= 15 is 0 Å². The number of ether oxygens (including phenoxy) is 2. The average Bonchev–Trinajstić information content (AvgIpc) is 2.61. The van der Waals surface area contributed by atoms with Crippen LogP contribution in [-0.4, -0.2) is 52.0 Å². The number of esters is 1. The predicted molar refractivity (Wildman–Crippen MR) is 95.7 cm³/mol. The highest BCUT2D eigenvalue weighted by atomic mass is 16.5. The lowest BCUT2D eigenvalue weighted by Crippen LogP contribution is -3.14. The standard InChI is InChI=1S/C19H25N3O4/c1-12-4-5-14(13(2)10-12)17-16(18(23)25-3)15(20-19(24)21-17)11-22-6-8-26-9-7-22/h4-5,10,17H,6-9,11H2,1-3H3,(H2,20,21,24)/p+1/t17-/m1/s1. The number of rotatable bonds is 4. The highest BCUT2D eigenvalue weighted by Crippen LogP contribution is 2.29. The summed E-state index contributed by atoms with van der Waals surface area (Å²) in [7, 11) is 1.37. The molecule has 0 aromatic heterocycles. The van der Waals surface area contributed by atoms with E-state index in [0.29, 0.717) is 31.0 Å². The van der Waals surface area contributed by atoms with Crippen molar-refractivity contribution in [3.8, 4) is 0 Å². The molecule has 0 bridgehead atoms. The molecule has 2 amide bonds. The first-order valence-corrected chi connectivity index (χ1v) is 8.87. The molecule has 0 saturated carbocycles. The summed E-state index contributed by atoms with van der Waals surface area (Å²) in [6, 6.07) is 5.17. The van der Waals surface area contributed by atoms with Crippen molar-refractivity contribution in [2.45, 2.75) is 19.9 Å². The molecule has 1 atom stereocenters. The van der Waals surface area contributed by atoms with Crippen LogP contribution in [0.5, 0.6) is 0 Å². The minimum Gasteiger partial charge on any atom is -0.466 e. The summed E-state index contributed by atoms with van der Waals surface area (Å²) in [5, 5.41) is 5.71. The molecule has 1 fully saturated rings. The van der Waals surface area contributed by atoms with Gasteiger partial charge in [0.15, 0.2) is 0 Å². The Kier molecular flexibility index (Phi) is 5.58. The summed E-state index contributed by atoms with van der Waals surface area (Å²) in [5.74, 6) is -0.426. The SMILES string of the molecule is COC(=O)C1=C(C[NH+]2CCOCC2)NC(=O)N[C@@H]1c1ccc(C)cc1C. The molecule has 140 valence electrons. The topological polar surface area (TPSA) is 81.1 Å². The molecule has 7 nitrogen and oxygen atoms in total. The maximum atomic E-state index is 12.6. The van der Waals surface area contributed by atoms with Gasteiger partial charge in [0, 0.05) is 0 Å². The van der Waals surface area contributed by atoms with E-state index in [-0.39, 0.29) is 6.03 Å². The van der Waals surface area contributed by atoms with Gasteiger partial charge in [-0.1, -0.05) is 23.8 Å². The van der Waals surface area contributed by atoms with E-state index in [1.165, 1.54) is 12.0 Å². The van der Waals surface area contributed by atoms with Gasteiger partial charge in [-0.2, -0.15) is 0 Å². The lowest BCUT2D eigenvalue weighted by atomic mass is 9.91. The molecular weight excluding hydrogens is 334 g/mol. The van der Waals surface area contributed by atoms with Crippen molar-refractivity contribution in [1.82, 2.24) is 10.6 Å². The second-order valence-electron chi connectivity index (χ2n) is 6.81. The normalized spacial score (nSPS) is 21.2. The van der Waals surface area contributed by atoms with Gasteiger partial charge in [0.25, 0.3) is 0 Å². The molecule has 0 spiro atoms. The number of morpholine rings is 1. The van der Waals surface area contributed by atoms with Crippen molar-refractivity contribution in [2.75, 3.05) is 40.0 Å². The first-order valence-electron chi connectivity index (χ1n) is 8.87. The van der Waals surface area contributed by atoms with E-state index in [0.717, 1.165) is 29.8 Å². The van der Waals surface area contributed by atoms with Crippen molar-refractivity contribution in [2.24, 2.45) is 0 Å². The molecule has 0 radical (unpaired) electrons. The van der Waals surface area contributed by atoms with E-state index in [9.17, 15) is 9.59 Å². The highest BCUT2D eigenvalue weighted by molar-refractivity contribution is 5.95. The van der Waals surface area contributed by atoms with Crippen LogP contribution in [-0.2, 0) is 14.3 Å². The van der Waals surface area contributed by atoms with Crippen LogP contribution in [0.25, 0.3) is 0 Å². The van der Waals surface area contributed by atoms with Gasteiger partial charge >= 0.3 is 12.0 Å². The van der Waals surface area contributed by atoms with E-state index in [1.807, 2.05) is 32.0 Å². The third-order valence-electron chi connectivity index (χ3n) is 4.92. The van der Waals surface area contributed by atoms with Gasteiger partial charge in [-0.05, 0) is 25.0 Å². The Labute approximate surface area is 153 Å². The molecule has 1 aromatic rings. The second kappa shape index (κ2) is 7.88. The minimum absolute atomic E-state index is 0.301. The Balaban J connectivity index is 2.01. The largest absolute Gasteiger partial charge is 0.466 e. The van der Waals surface area contributed by atoms with Crippen LogP contribution in [0.1, 0.15) is 22.7 Å². The van der Waals surface area contributed by atoms with E-state index < -0.39 is 12.0 Å². The predicted octanol–water partition coefficient (Wildman–Crippen LogP) is -0.000460. The molecule has 1 aromatic carbocycles. The Morgan fingerprint density at radius 2 is 2.04 bits per heavy atom. The number of amides is 2. The molecule has 0 aliphatic carbocycles. The van der Waals surface area contributed by atoms with Crippen LogP contribution in [0.4, 0.5) is 4.79 Å². The van der Waals surface area contributed by atoms with Crippen LogP contribution in [0.3, 0.4) is 0 Å². The van der Waals surface area contributed by atoms with Crippen molar-refractivity contribution >= 4 is 12.0 Å². The van der Waals surface area contributed by atoms with Gasteiger partial charge in [-0.15, -0.1) is 0 Å². The molecule has 3 rings (SSSR count). The molecule has 3 N–H and O–H groups in total. The Morgan fingerprint density at radius 1 is 1.31 bits per heavy atom. The van der Waals surface area contributed by atoms with E-state index in [4.69, 9.17) is 9.47 Å². The van der Waals surface area contributed by atoms with Crippen LogP contribution in [0, 0.1) is 13.8 Å². The molecule has 1 saturated heterocycles. The molecule has 2 heterocycles. The van der Waals surface area contributed by atoms with Crippen LogP contribution in [0.15, 0.2) is 29.5 Å². The number of hydrogen-bond donors (Lipinski definition) is 3. The van der Waals surface area contributed by atoms with Crippen LogP contribution >= 0.6 is 0 Å². The zero-order valence-corrected chi connectivity index (χ0v) is 15.5. The number of urea groups is 1. The zero-order chi connectivity index (χ0) is 18.7. The number of nitrogens with one attached hydrogen (secondary N) is 3. The van der Waals surface area contributed by atoms with Gasteiger partial charge < -0.3 is 25.0 Å². The smallest absolute Gasteiger partial charge is 0.338 e. The first kappa shape index (κ1) is 18.4. The Morgan fingerprint density at radius 3 is 2.69 bits per heavy atom. The third-order valence-corrected chi connectivity index (χ3v) is 4.92. The van der Waals surface area contributed by atoms with Crippen molar-refractivity contribution in [3.05, 3.63) is 46.2 Å². The van der Waals surface area contributed by atoms with Gasteiger partial charge in [-0.3, -0.25) is 0 Å². The fourth-order valence-corrected chi connectivity index (χ4v) is 3.58. The van der Waals surface area contributed by atoms with E-state index in [2.05, 4.69) is 10.6 Å². The molecule has 2 aliphatic rings. The van der Waals surface area contributed by atoms with Crippen LogP contribution in [0.2, 0.25) is 0 Å². The summed E-state index contributed by atoms with van der Waals surface area (Å²) in [4.78, 5) is 26.1. The minimum atomic E-state index is -0.521. The maximum absolute atomic E-state index is 12.6. The fraction of sp³-hybridized carbons (Fsp3) is 0.474. The molecule has 0 unspecified atom stereocenters. The van der Waals surface area contributed by atoms with Gasteiger partial charge in [0.1, 0.15) is 19.6 Å². The number of hydrogen-bond acceptors (Lipinski definition) is 4. The molecular formula is C19H26N3O4+. The van der Waals surface area contributed by atoms with Crippen molar-refractivity contribution in [1.29, 1.82) is 0 Å². The average molecular weight is 360 g/mol. The monoisotopic (exact) mass is 360 g/mol. The summed E-state index contributed by atoms with van der Waals surface area (Å²) in [5.41, 5.74) is 4.16. The van der Waals surface area contributed by atoms with Gasteiger partial charge in [-0.25, -0.2) is 9.59 Å².